The highest BCUT2D eigenvalue weighted by Gasteiger charge is 2.27. The molecule has 3 atom stereocenters. The van der Waals surface area contributed by atoms with E-state index in [9.17, 15) is 19.4 Å². The van der Waals surface area contributed by atoms with Gasteiger partial charge in [-0.15, -0.1) is 0 Å². The largest absolute Gasteiger partial charge is 0.472 e. The lowest BCUT2D eigenvalue weighted by Gasteiger charge is -2.25. The summed E-state index contributed by atoms with van der Waals surface area (Å²) >= 11 is 0. The Morgan fingerprint density at radius 2 is 0.824 bits per heavy atom. The third-order valence-corrected chi connectivity index (χ3v) is 13.0. The Morgan fingerprint density at radius 3 is 1.24 bits per heavy atom. The highest BCUT2D eigenvalue weighted by atomic mass is 31.2. The molecule has 0 aromatic heterocycles. The lowest BCUT2D eigenvalue weighted by Crippen LogP contribution is -2.45. The van der Waals surface area contributed by atoms with Gasteiger partial charge in [-0.2, -0.15) is 0 Å². The number of phosphoric acid groups is 1. The third-order valence-electron chi connectivity index (χ3n) is 12.0. The summed E-state index contributed by atoms with van der Waals surface area (Å²) in [6, 6.07) is -0.889. The molecule has 0 rings (SSSR count). The minimum absolute atomic E-state index is 0.0426. The number of carbonyl (C=O) groups excluding carboxylic acids is 1. The van der Waals surface area contributed by atoms with Crippen molar-refractivity contribution in [2.45, 2.75) is 219 Å². The maximum absolute atomic E-state index is 13.0. The van der Waals surface area contributed by atoms with Crippen molar-refractivity contribution in [1.82, 2.24) is 5.32 Å². The van der Waals surface area contributed by atoms with Gasteiger partial charge in [-0.25, -0.2) is 4.57 Å². The van der Waals surface area contributed by atoms with Gasteiger partial charge in [0.05, 0.1) is 39.9 Å². The van der Waals surface area contributed by atoms with Crippen LogP contribution in [0.1, 0.15) is 206 Å². The van der Waals surface area contributed by atoms with Crippen LogP contribution in [0.25, 0.3) is 0 Å². The van der Waals surface area contributed by atoms with Gasteiger partial charge in [-0.1, -0.05) is 237 Å². The van der Waals surface area contributed by atoms with Gasteiger partial charge in [0.2, 0.25) is 5.91 Å². The summed E-state index contributed by atoms with van der Waals surface area (Å²) in [5.41, 5.74) is 0. The van der Waals surface area contributed by atoms with Crippen LogP contribution in [0.3, 0.4) is 0 Å². The maximum atomic E-state index is 13.0. The van der Waals surface area contributed by atoms with Crippen LogP contribution in [0, 0.1) is 0 Å². The van der Waals surface area contributed by atoms with Crippen LogP contribution in [0.15, 0.2) is 146 Å². The molecular weight excluding hydrogens is 936 g/mol. The van der Waals surface area contributed by atoms with Crippen LogP contribution in [0.4, 0.5) is 0 Å². The van der Waals surface area contributed by atoms with Gasteiger partial charge in [-0.05, 0) is 109 Å². The first-order chi connectivity index (χ1) is 36.0. The molecule has 0 aliphatic rings. The molecule has 0 aromatic carbocycles. The van der Waals surface area contributed by atoms with Gasteiger partial charge >= 0.3 is 7.82 Å². The van der Waals surface area contributed by atoms with Gasteiger partial charge in [0, 0.05) is 6.42 Å². The molecule has 0 bridgehead atoms. The van der Waals surface area contributed by atoms with Crippen molar-refractivity contribution < 1.29 is 32.9 Å². The molecule has 420 valence electrons. The number of allylic oxidation sites excluding steroid dienone is 23. The van der Waals surface area contributed by atoms with E-state index in [0.717, 1.165) is 116 Å². The second-order valence-corrected chi connectivity index (χ2v) is 21.7. The maximum Gasteiger partial charge on any atom is 0.472 e. The fourth-order valence-electron chi connectivity index (χ4n) is 7.50. The highest BCUT2D eigenvalue weighted by molar-refractivity contribution is 7.47. The van der Waals surface area contributed by atoms with E-state index < -0.39 is 20.0 Å². The van der Waals surface area contributed by atoms with E-state index in [1.807, 2.05) is 27.2 Å². The van der Waals surface area contributed by atoms with E-state index >= 15 is 0 Å². The van der Waals surface area contributed by atoms with E-state index in [1.54, 1.807) is 6.08 Å². The highest BCUT2D eigenvalue weighted by Crippen LogP contribution is 2.43. The quantitative estimate of drug-likeness (QED) is 0.0243. The fraction of sp³-hybridized carbons (Fsp3) is 0.615. The van der Waals surface area contributed by atoms with E-state index in [4.69, 9.17) is 9.05 Å². The van der Waals surface area contributed by atoms with Crippen LogP contribution in [-0.2, 0) is 18.4 Å². The number of unbranched alkanes of at least 4 members (excludes halogenated alkanes) is 16. The number of hydrogen-bond acceptors (Lipinski definition) is 5. The monoisotopic (exact) mass is 1050 g/mol. The molecule has 3 N–H and O–H groups in total. The van der Waals surface area contributed by atoms with Crippen LogP contribution in [0.2, 0.25) is 0 Å². The van der Waals surface area contributed by atoms with Crippen LogP contribution >= 0.6 is 7.82 Å². The molecule has 74 heavy (non-hydrogen) atoms. The van der Waals surface area contributed by atoms with Crippen molar-refractivity contribution in [2.24, 2.45) is 0 Å². The van der Waals surface area contributed by atoms with Crippen molar-refractivity contribution in [1.29, 1.82) is 0 Å². The molecule has 0 aromatic rings. The zero-order chi connectivity index (χ0) is 54.2. The van der Waals surface area contributed by atoms with Crippen molar-refractivity contribution in [3.63, 3.8) is 0 Å². The fourth-order valence-corrected chi connectivity index (χ4v) is 8.23. The number of hydrogen-bond donors (Lipinski definition) is 3. The zero-order valence-corrected chi connectivity index (χ0v) is 48.7. The van der Waals surface area contributed by atoms with Gasteiger partial charge in [0.1, 0.15) is 13.2 Å². The number of aliphatic hydroxyl groups is 1. The summed E-state index contributed by atoms with van der Waals surface area (Å²) in [6.45, 7) is 4.64. The van der Waals surface area contributed by atoms with Crippen LogP contribution in [-0.4, -0.2) is 73.4 Å². The topological polar surface area (TPSA) is 105 Å². The van der Waals surface area contributed by atoms with Gasteiger partial charge in [0.25, 0.3) is 0 Å². The van der Waals surface area contributed by atoms with E-state index in [2.05, 4.69) is 153 Å². The molecule has 0 radical (unpaired) electrons. The number of nitrogens with zero attached hydrogens (tertiary/aromatic N) is 1. The van der Waals surface area contributed by atoms with Crippen molar-refractivity contribution in [3.8, 4) is 0 Å². The number of phosphoric ester groups is 1. The predicted molar refractivity (Wildman–Crippen MR) is 322 cm³/mol. The molecule has 0 saturated heterocycles. The Balaban J connectivity index is 4.32. The summed E-state index contributed by atoms with van der Waals surface area (Å²) < 4.78 is 23.7. The first-order valence-corrected chi connectivity index (χ1v) is 30.7. The van der Waals surface area contributed by atoms with Crippen molar-refractivity contribution >= 4 is 13.7 Å². The Labute approximate surface area is 455 Å². The van der Waals surface area contributed by atoms with Gasteiger partial charge in [-0.3, -0.25) is 13.8 Å². The lowest BCUT2D eigenvalue weighted by atomic mass is 10.1. The Kier molecular flexibility index (Phi) is 51.5. The second-order valence-electron chi connectivity index (χ2n) is 20.3. The third kappa shape index (κ3) is 56.1. The predicted octanol–water partition coefficient (Wildman–Crippen LogP) is 18.1. The van der Waals surface area contributed by atoms with Crippen molar-refractivity contribution in [3.05, 3.63) is 146 Å². The Morgan fingerprint density at radius 1 is 0.473 bits per heavy atom. The van der Waals surface area contributed by atoms with E-state index in [0.29, 0.717) is 17.4 Å². The van der Waals surface area contributed by atoms with E-state index in [1.165, 1.54) is 70.6 Å². The summed E-state index contributed by atoms with van der Waals surface area (Å²) in [4.78, 5) is 23.3. The van der Waals surface area contributed by atoms with Crippen LogP contribution < -0.4 is 5.32 Å². The lowest BCUT2D eigenvalue weighted by molar-refractivity contribution is -0.870. The molecule has 0 saturated carbocycles. The normalized spacial score (nSPS) is 15.0. The van der Waals surface area contributed by atoms with Crippen molar-refractivity contribution in [2.75, 3.05) is 40.9 Å². The minimum Gasteiger partial charge on any atom is -0.387 e. The van der Waals surface area contributed by atoms with Gasteiger partial charge < -0.3 is 19.8 Å². The number of quaternary nitrogens is 1. The molecule has 9 heteroatoms. The molecule has 0 fully saturated rings. The van der Waals surface area contributed by atoms with E-state index in [-0.39, 0.29) is 19.1 Å². The molecule has 1 amide bonds. The minimum atomic E-state index is -4.37. The molecule has 3 unspecified atom stereocenters. The second kappa shape index (κ2) is 54.2. The first-order valence-electron chi connectivity index (χ1n) is 29.2. The molecule has 0 heterocycles. The average molecular weight is 1050 g/mol. The number of likely N-dealkylation sites (N-methyl/N-ethyl adjacent to an activating group) is 1. The zero-order valence-electron chi connectivity index (χ0n) is 47.8. The SMILES string of the molecule is CC/C=C\C/C=C\C/C=C\C/C=C\C/C=C\C/C=C\C/C=C\C/C=C\C/C=C\C/C=C\CCCCCCC(=O)NC(COP(=O)(O)OCC[N+](C)(C)C)C(O)/C=C/CC/C=C/CCCCCCCCCCCCC. The smallest absolute Gasteiger partial charge is 0.387 e. The molecule has 0 aliphatic heterocycles. The first kappa shape index (κ1) is 70.4. The number of carbonyl (C=O) groups is 1. The number of aliphatic hydroxyl groups excluding tert-OH is 1. The summed E-state index contributed by atoms with van der Waals surface area (Å²) in [7, 11) is 1.51. The van der Waals surface area contributed by atoms with Crippen LogP contribution in [0.5, 0.6) is 0 Å². The number of rotatable bonds is 51. The Hall–Kier alpha value is -3.62. The molecular formula is C65H110N2O6P+. The standard InChI is InChI=1S/C65H109N2O6P/c1-6-8-10-12-14-16-18-20-22-24-25-26-27-28-29-30-31-32-33-34-35-36-37-38-39-40-41-43-45-47-49-51-53-55-57-59-65(69)66-63(62-73-74(70,71)72-61-60-67(3,4)5)64(68)58-56-54-52-50-48-46-44-42-23-21-19-17-15-13-11-9-7-2/h8,10,14,16,20,22,25-26,28-29,31-32,34-35,37-38,40-41,45,47-48,50,56,58,63-64,68H,6-7,9,11-13,15,17-19,21,23-24,27,30,33,36,39,42-44,46,49,51-55,57,59-62H2,1-5H3,(H-,66,69,70,71)/p+1/b10-8-,16-14-,22-20-,26-25-,29-28-,32-31-,35-34-,38-37-,41-40-,47-45-,50-48+,58-56+. The summed E-state index contributed by atoms with van der Waals surface area (Å²) in [6.07, 6.45) is 83.8. The number of nitrogens with one attached hydrogen (secondary N) is 1. The molecule has 0 spiro atoms. The summed E-state index contributed by atoms with van der Waals surface area (Å²) in [5.74, 6) is -0.218. The average Bonchev–Trinajstić information content (AvgIpc) is 3.36. The van der Waals surface area contributed by atoms with Gasteiger partial charge in [0.15, 0.2) is 0 Å². The molecule has 0 aliphatic carbocycles. The summed E-state index contributed by atoms with van der Waals surface area (Å²) in [5, 5.41) is 13.9. The molecule has 8 nitrogen and oxygen atoms in total. The number of amides is 1. The Bertz CT molecular complexity index is 1710.